The number of aromatic nitrogens is 5. The van der Waals surface area contributed by atoms with Gasteiger partial charge in [-0.2, -0.15) is 5.10 Å². The van der Waals surface area contributed by atoms with E-state index in [2.05, 4.69) is 15.3 Å². The highest BCUT2D eigenvalue weighted by Crippen LogP contribution is 2.26. The Morgan fingerprint density at radius 2 is 1.79 bits per heavy atom. The molecule has 0 unspecified atom stereocenters. The second-order valence-corrected chi connectivity index (χ2v) is 7.84. The van der Waals surface area contributed by atoms with Gasteiger partial charge in [0.25, 0.3) is 5.91 Å². The molecular formula is C26H24N6O2. The topological polar surface area (TPSA) is 89.9 Å². The summed E-state index contributed by atoms with van der Waals surface area (Å²) >= 11 is 0. The molecule has 1 amide bonds. The highest BCUT2D eigenvalue weighted by Gasteiger charge is 2.22. The molecule has 0 aliphatic carbocycles. The van der Waals surface area contributed by atoms with Crippen LogP contribution in [0.25, 0.3) is 33.6 Å². The molecular weight excluding hydrogens is 428 g/mol. The van der Waals surface area contributed by atoms with E-state index in [9.17, 15) is 4.79 Å². The maximum Gasteiger partial charge on any atom is 0.255 e. The summed E-state index contributed by atoms with van der Waals surface area (Å²) in [5, 5.41) is 13.5. The predicted molar refractivity (Wildman–Crippen MR) is 129 cm³/mol. The Balaban J connectivity index is 1.48. The van der Waals surface area contributed by atoms with Crippen molar-refractivity contribution >= 4 is 16.8 Å². The van der Waals surface area contributed by atoms with Gasteiger partial charge in [0.15, 0.2) is 0 Å². The quantitative estimate of drug-likeness (QED) is 0.351. The lowest BCUT2D eigenvalue weighted by molar-refractivity contribution is 0.0740. The summed E-state index contributed by atoms with van der Waals surface area (Å²) in [5.41, 5.74) is 3.76. The lowest BCUT2D eigenvalue weighted by atomic mass is 10.0. The Morgan fingerprint density at radius 3 is 2.56 bits per heavy atom. The van der Waals surface area contributed by atoms with E-state index in [1.54, 1.807) is 11.1 Å². The van der Waals surface area contributed by atoms with Crippen LogP contribution in [0.3, 0.4) is 0 Å². The van der Waals surface area contributed by atoms with Gasteiger partial charge in [0.1, 0.15) is 0 Å². The van der Waals surface area contributed by atoms with Crippen LogP contribution in [0.2, 0.25) is 0 Å². The van der Waals surface area contributed by atoms with Gasteiger partial charge in [0.2, 0.25) is 11.8 Å². The molecule has 0 spiro atoms. The number of amides is 1. The molecule has 0 fully saturated rings. The maximum absolute atomic E-state index is 13.7. The molecule has 0 radical (unpaired) electrons. The first-order valence-electron chi connectivity index (χ1n) is 11.3. The Hall–Kier alpha value is -4.33. The fourth-order valence-electron chi connectivity index (χ4n) is 3.84. The number of benzene rings is 2. The third kappa shape index (κ3) is 4.17. The van der Waals surface area contributed by atoms with Crippen molar-refractivity contribution in [2.75, 3.05) is 6.54 Å². The van der Waals surface area contributed by atoms with Gasteiger partial charge < -0.3 is 9.32 Å². The molecule has 34 heavy (non-hydrogen) atoms. The van der Waals surface area contributed by atoms with Gasteiger partial charge in [-0.15, -0.1) is 10.2 Å². The zero-order valence-corrected chi connectivity index (χ0v) is 19.0. The summed E-state index contributed by atoms with van der Waals surface area (Å²) < 4.78 is 7.68. The summed E-state index contributed by atoms with van der Waals surface area (Å²) in [4.78, 5) is 20.2. The molecule has 0 saturated carbocycles. The van der Waals surface area contributed by atoms with Gasteiger partial charge in [-0.1, -0.05) is 36.4 Å². The minimum absolute atomic E-state index is 0.121. The van der Waals surface area contributed by atoms with Crippen LogP contribution in [0.5, 0.6) is 0 Å². The van der Waals surface area contributed by atoms with Gasteiger partial charge in [-0.25, -0.2) is 4.98 Å². The number of pyridine rings is 1. The highest BCUT2D eigenvalue weighted by atomic mass is 16.4. The van der Waals surface area contributed by atoms with Gasteiger partial charge in [0.05, 0.1) is 29.5 Å². The lowest BCUT2D eigenvalue weighted by Gasteiger charge is -2.20. The van der Waals surface area contributed by atoms with Gasteiger partial charge in [0, 0.05) is 35.8 Å². The van der Waals surface area contributed by atoms with Crippen LogP contribution in [-0.4, -0.2) is 42.3 Å². The van der Waals surface area contributed by atoms with Crippen molar-refractivity contribution in [3.05, 3.63) is 84.5 Å². The highest BCUT2D eigenvalue weighted by molar-refractivity contribution is 6.07. The van der Waals surface area contributed by atoms with Gasteiger partial charge in [-0.3, -0.25) is 9.48 Å². The number of fused-ring (bicyclic) bond motifs is 1. The molecule has 5 aromatic rings. The normalized spacial score (nSPS) is 11.1. The Morgan fingerprint density at radius 1 is 1.00 bits per heavy atom. The summed E-state index contributed by atoms with van der Waals surface area (Å²) in [6.07, 6.45) is 3.71. The first kappa shape index (κ1) is 21.5. The number of nitrogens with zero attached hydrogens (tertiary/aromatic N) is 6. The predicted octanol–water partition coefficient (Wildman–Crippen LogP) is 4.83. The monoisotopic (exact) mass is 452 g/mol. The van der Waals surface area contributed by atoms with E-state index in [4.69, 9.17) is 9.40 Å². The van der Waals surface area contributed by atoms with Gasteiger partial charge >= 0.3 is 0 Å². The minimum Gasteiger partial charge on any atom is -0.419 e. The van der Waals surface area contributed by atoms with Crippen LogP contribution in [0, 0.1) is 0 Å². The Labute approximate surface area is 196 Å². The van der Waals surface area contributed by atoms with Crippen molar-refractivity contribution in [3.8, 4) is 22.7 Å². The number of carbonyl (C=O) groups excluding carboxylic acids is 1. The largest absolute Gasteiger partial charge is 0.419 e. The average molecular weight is 453 g/mol. The minimum atomic E-state index is -0.121. The molecule has 3 heterocycles. The summed E-state index contributed by atoms with van der Waals surface area (Å²) in [5.74, 6) is 0.699. The SMILES string of the molecule is CCN(Cc1nnc(-c2ccccc2)o1)C(=O)c1cc(-c2cnn(CC)c2)nc2ccccc12. The van der Waals surface area contributed by atoms with Crippen LogP contribution >= 0.6 is 0 Å². The van der Waals surface area contributed by atoms with Gasteiger partial charge in [-0.05, 0) is 38.1 Å². The fourth-order valence-corrected chi connectivity index (χ4v) is 3.84. The number of aryl methyl sites for hydroxylation is 1. The molecule has 3 aromatic heterocycles. The second-order valence-electron chi connectivity index (χ2n) is 7.84. The molecule has 0 N–H and O–H groups in total. The zero-order chi connectivity index (χ0) is 23.5. The Kier molecular flexibility index (Phi) is 5.86. The van der Waals surface area contributed by atoms with E-state index in [0.717, 1.165) is 28.6 Å². The van der Waals surface area contributed by atoms with E-state index in [-0.39, 0.29) is 12.5 Å². The van der Waals surface area contributed by atoms with Crippen molar-refractivity contribution in [2.45, 2.75) is 26.9 Å². The first-order valence-corrected chi connectivity index (χ1v) is 11.3. The fraction of sp³-hybridized carbons (Fsp3) is 0.192. The molecule has 8 heteroatoms. The summed E-state index contributed by atoms with van der Waals surface area (Å²) in [6.45, 7) is 5.43. The summed E-state index contributed by atoms with van der Waals surface area (Å²) in [6, 6.07) is 19.1. The van der Waals surface area contributed by atoms with Crippen molar-refractivity contribution < 1.29 is 9.21 Å². The van der Waals surface area contributed by atoms with Crippen molar-refractivity contribution in [1.29, 1.82) is 0 Å². The number of hydrogen-bond donors (Lipinski definition) is 0. The number of hydrogen-bond acceptors (Lipinski definition) is 6. The smallest absolute Gasteiger partial charge is 0.255 e. The number of carbonyl (C=O) groups is 1. The molecule has 2 aromatic carbocycles. The second kappa shape index (κ2) is 9.27. The van der Waals surface area contributed by atoms with Crippen LogP contribution < -0.4 is 0 Å². The van der Waals surface area contributed by atoms with Crippen molar-refractivity contribution in [1.82, 2.24) is 29.9 Å². The Bertz CT molecular complexity index is 1440. The lowest BCUT2D eigenvalue weighted by Crippen LogP contribution is -2.30. The van der Waals surface area contributed by atoms with Crippen LogP contribution in [0.15, 0.2) is 77.5 Å². The first-order chi connectivity index (χ1) is 16.7. The molecule has 0 aliphatic heterocycles. The zero-order valence-electron chi connectivity index (χ0n) is 19.0. The molecule has 5 rings (SSSR count). The van der Waals surface area contributed by atoms with Crippen LogP contribution in [0.4, 0.5) is 0 Å². The molecule has 0 atom stereocenters. The van der Waals surface area contributed by atoms with E-state index < -0.39 is 0 Å². The molecule has 8 nitrogen and oxygen atoms in total. The van der Waals surface area contributed by atoms with E-state index in [1.807, 2.05) is 85.4 Å². The molecule has 170 valence electrons. The van der Waals surface area contributed by atoms with Crippen LogP contribution in [0.1, 0.15) is 30.1 Å². The molecule has 0 aliphatic rings. The maximum atomic E-state index is 13.7. The van der Waals surface area contributed by atoms with E-state index >= 15 is 0 Å². The standard InChI is InChI=1S/C26H24N6O2/c1-3-31(17-24-29-30-25(34-24)18-10-6-5-7-11-18)26(33)21-14-23(19-15-27-32(4-2)16-19)28-22-13-9-8-12-20(21)22/h5-16H,3-4,17H2,1-2H3. The summed E-state index contributed by atoms with van der Waals surface area (Å²) in [7, 11) is 0. The van der Waals surface area contributed by atoms with E-state index in [1.165, 1.54) is 0 Å². The third-order valence-electron chi connectivity index (χ3n) is 5.68. The van der Waals surface area contributed by atoms with E-state index in [0.29, 0.717) is 29.6 Å². The van der Waals surface area contributed by atoms with Crippen LogP contribution in [-0.2, 0) is 13.1 Å². The molecule has 0 bridgehead atoms. The number of rotatable bonds is 7. The number of para-hydroxylation sites is 1. The third-order valence-corrected chi connectivity index (χ3v) is 5.68. The average Bonchev–Trinajstić information content (AvgIpc) is 3.57. The molecule has 0 saturated heterocycles. The van der Waals surface area contributed by atoms with Crippen molar-refractivity contribution in [2.24, 2.45) is 0 Å². The van der Waals surface area contributed by atoms with Crippen molar-refractivity contribution in [3.63, 3.8) is 0 Å².